The average molecular weight is 251 g/mol. The molecular formula is C10H9F4NS. The second-order valence-electron chi connectivity index (χ2n) is 3.55. The summed E-state index contributed by atoms with van der Waals surface area (Å²) in [4.78, 5) is 0. The Morgan fingerprint density at radius 3 is 2.25 bits per heavy atom. The van der Waals surface area contributed by atoms with Crippen molar-refractivity contribution in [3.8, 4) is 0 Å². The molecule has 0 saturated carbocycles. The molecule has 0 radical (unpaired) electrons. The monoisotopic (exact) mass is 251 g/mol. The minimum atomic E-state index is -1.38. The van der Waals surface area contributed by atoms with Crippen LogP contribution >= 0.6 is 11.8 Å². The first-order chi connectivity index (χ1) is 7.59. The van der Waals surface area contributed by atoms with Crippen molar-refractivity contribution < 1.29 is 17.6 Å². The number of anilines is 1. The normalized spacial score (nSPS) is 20.1. The van der Waals surface area contributed by atoms with Crippen LogP contribution in [0.1, 0.15) is 6.42 Å². The largest absolute Gasteiger partial charge is 0.377 e. The van der Waals surface area contributed by atoms with Crippen LogP contribution in [0.5, 0.6) is 0 Å². The third-order valence-corrected chi connectivity index (χ3v) is 3.55. The number of hydrogen-bond donors (Lipinski definition) is 1. The van der Waals surface area contributed by atoms with Crippen LogP contribution in [0.25, 0.3) is 0 Å². The Hall–Kier alpha value is -0.910. The molecule has 1 aromatic rings. The van der Waals surface area contributed by atoms with E-state index < -0.39 is 29.0 Å². The third kappa shape index (κ3) is 2.11. The zero-order valence-electron chi connectivity index (χ0n) is 8.20. The Kier molecular flexibility index (Phi) is 3.28. The van der Waals surface area contributed by atoms with Crippen molar-refractivity contribution >= 4 is 17.4 Å². The van der Waals surface area contributed by atoms with Crippen molar-refractivity contribution in [2.75, 3.05) is 16.8 Å². The second kappa shape index (κ2) is 4.53. The molecule has 0 amide bonds. The number of rotatable bonds is 2. The fourth-order valence-electron chi connectivity index (χ4n) is 1.55. The number of benzene rings is 1. The molecule has 1 heterocycles. The van der Waals surface area contributed by atoms with Crippen LogP contribution < -0.4 is 5.32 Å². The van der Waals surface area contributed by atoms with Crippen LogP contribution in [0.4, 0.5) is 23.2 Å². The lowest BCUT2D eigenvalue weighted by atomic mass is 10.2. The van der Waals surface area contributed by atoms with Gasteiger partial charge in [0.05, 0.1) is 0 Å². The van der Waals surface area contributed by atoms with Crippen LogP contribution in [0, 0.1) is 23.3 Å². The summed E-state index contributed by atoms with van der Waals surface area (Å²) < 4.78 is 52.2. The van der Waals surface area contributed by atoms with E-state index in [2.05, 4.69) is 5.32 Å². The van der Waals surface area contributed by atoms with Crippen LogP contribution in [0.2, 0.25) is 0 Å². The van der Waals surface area contributed by atoms with Gasteiger partial charge in [0.1, 0.15) is 5.69 Å². The average Bonchev–Trinajstić information content (AvgIpc) is 2.74. The van der Waals surface area contributed by atoms with Crippen molar-refractivity contribution in [3.63, 3.8) is 0 Å². The first-order valence-electron chi connectivity index (χ1n) is 4.77. The zero-order valence-corrected chi connectivity index (χ0v) is 9.01. The SMILES string of the molecule is Fc1cc(F)c(F)c(NC2CCSC2)c1F. The second-order valence-corrected chi connectivity index (χ2v) is 4.70. The molecule has 1 nitrogen and oxygen atoms in total. The van der Waals surface area contributed by atoms with E-state index in [1.54, 1.807) is 11.8 Å². The molecule has 0 aromatic heterocycles. The van der Waals surface area contributed by atoms with Gasteiger partial charge in [-0.15, -0.1) is 0 Å². The van der Waals surface area contributed by atoms with Crippen LogP contribution in [-0.2, 0) is 0 Å². The van der Waals surface area contributed by atoms with E-state index in [0.29, 0.717) is 5.75 Å². The molecule has 1 aliphatic rings. The van der Waals surface area contributed by atoms with E-state index >= 15 is 0 Å². The minimum Gasteiger partial charge on any atom is -0.377 e. The van der Waals surface area contributed by atoms with E-state index in [4.69, 9.17) is 0 Å². The lowest BCUT2D eigenvalue weighted by molar-refractivity contribution is 0.457. The first-order valence-corrected chi connectivity index (χ1v) is 5.92. The summed E-state index contributed by atoms with van der Waals surface area (Å²) in [6, 6.07) is 0.0643. The van der Waals surface area contributed by atoms with Crippen molar-refractivity contribution in [1.29, 1.82) is 0 Å². The van der Waals surface area contributed by atoms with Crippen molar-refractivity contribution in [2.45, 2.75) is 12.5 Å². The predicted molar refractivity (Wildman–Crippen MR) is 55.6 cm³/mol. The highest BCUT2D eigenvalue weighted by atomic mass is 32.2. The summed E-state index contributed by atoms with van der Waals surface area (Å²) in [5, 5.41) is 2.51. The van der Waals surface area contributed by atoms with Gasteiger partial charge in [0.25, 0.3) is 0 Å². The Labute approximate surface area is 94.2 Å². The molecular weight excluding hydrogens is 242 g/mol. The zero-order chi connectivity index (χ0) is 11.7. The standard InChI is InChI=1S/C10H9F4NS/c11-6-3-7(12)9(14)10(8(6)13)15-5-1-2-16-4-5/h3,5,15H,1-2,4H2. The van der Waals surface area contributed by atoms with Gasteiger partial charge in [-0.3, -0.25) is 0 Å². The molecule has 1 aromatic carbocycles. The summed E-state index contributed by atoms with van der Waals surface area (Å²) >= 11 is 1.63. The van der Waals surface area contributed by atoms with Gasteiger partial charge in [-0.05, 0) is 12.2 Å². The lowest BCUT2D eigenvalue weighted by Crippen LogP contribution is -2.20. The Morgan fingerprint density at radius 2 is 1.75 bits per heavy atom. The summed E-state index contributed by atoms with van der Waals surface area (Å²) in [6.45, 7) is 0. The lowest BCUT2D eigenvalue weighted by Gasteiger charge is -2.14. The number of thioether (sulfide) groups is 1. The van der Waals surface area contributed by atoms with Gasteiger partial charge < -0.3 is 5.32 Å². The van der Waals surface area contributed by atoms with Gasteiger partial charge in [-0.1, -0.05) is 0 Å². The van der Waals surface area contributed by atoms with Crippen LogP contribution in [0.15, 0.2) is 6.07 Å². The van der Waals surface area contributed by atoms with E-state index in [1.165, 1.54) is 0 Å². The Morgan fingerprint density at radius 1 is 1.12 bits per heavy atom. The van der Waals surface area contributed by atoms with Gasteiger partial charge in [-0.2, -0.15) is 11.8 Å². The number of halogens is 4. The molecule has 16 heavy (non-hydrogen) atoms. The van der Waals surface area contributed by atoms with E-state index in [-0.39, 0.29) is 12.1 Å². The molecule has 6 heteroatoms. The Balaban J connectivity index is 2.31. The highest BCUT2D eigenvalue weighted by molar-refractivity contribution is 7.99. The predicted octanol–water partition coefficient (Wildman–Crippen LogP) is 3.16. The smallest absolute Gasteiger partial charge is 0.185 e. The molecule has 1 N–H and O–H groups in total. The molecule has 1 aliphatic heterocycles. The fourth-order valence-corrected chi connectivity index (χ4v) is 2.70. The summed E-state index contributed by atoms with van der Waals surface area (Å²) in [5.74, 6) is -3.94. The van der Waals surface area contributed by atoms with Crippen LogP contribution in [-0.4, -0.2) is 17.5 Å². The molecule has 0 spiro atoms. The highest BCUT2D eigenvalue weighted by Crippen LogP contribution is 2.27. The van der Waals surface area contributed by atoms with E-state index in [1.807, 2.05) is 0 Å². The summed E-state index contributed by atoms with van der Waals surface area (Å²) in [5.41, 5.74) is -0.704. The van der Waals surface area contributed by atoms with Crippen molar-refractivity contribution in [1.82, 2.24) is 0 Å². The van der Waals surface area contributed by atoms with E-state index in [9.17, 15) is 17.6 Å². The van der Waals surface area contributed by atoms with Gasteiger partial charge in [0, 0.05) is 17.9 Å². The molecule has 88 valence electrons. The minimum absolute atomic E-state index is 0.143. The third-order valence-electron chi connectivity index (χ3n) is 2.39. The molecule has 1 unspecified atom stereocenters. The van der Waals surface area contributed by atoms with Gasteiger partial charge in [-0.25, -0.2) is 17.6 Å². The number of nitrogens with one attached hydrogen (secondary N) is 1. The van der Waals surface area contributed by atoms with Crippen molar-refractivity contribution in [3.05, 3.63) is 29.3 Å². The highest BCUT2D eigenvalue weighted by Gasteiger charge is 2.23. The summed E-state index contributed by atoms with van der Waals surface area (Å²) in [6.07, 6.45) is 0.724. The molecule has 1 saturated heterocycles. The molecule has 0 bridgehead atoms. The van der Waals surface area contributed by atoms with E-state index in [0.717, 1.165) is 12.2 Å². The molecule has 1 atom stereocenters. The fraction of sp³-hybridized carbons (Fsp3) is 0.400. The summed E-state index contributed by atoms with van der Waals surface area (Å²) in [7, 11) is 0. The Bertz CT molecular complexity index is 378. The van der Waals surface area contributed by atoms with Crippen LogP contribution in [0.3, 0.4) is 0 Å². The molecule has 0 aliphatic carbocycles. The van der Waals surface area contributed by atoms with Gasteiger partial charge in [0.2, 0.25) is 0 Å². The number of hydrogen-bond acceptors (Lipinski definition) is 2. The molecule has 1 fully saturated rings. The first kappa shape index (κ1) is 11.6. The van der Waals surface area contributed by atoms with Gasteiger partial charge in [0.15, 0.2) is 23.3 Å². The van der Waals surface area contributed by atoms with Crippen molar-refractivity contribution in [2.24, 2.45) is 0 Å². The maximum Gasteiger partial charge on any atom is 0.185 e. The maximum atomic E-state index is 13.2. The topological polar surface area (TPSA) is 12.0 Å². The molecule has 2 rings (SSSR count). The quantitative estimate of drug-likeness (QED) is 0.640. The van der Waals surface area contributed by atoms with Gasteiger partial charge >= 0.3 is 0 Å². The maximum absolute atomic E-state index is 13.2.